The Labute approximate surface area is 140 Å². The molecule has 1 saturated carbocycles. The van der Waals surface area contributed by atoms with Crippen molar-refractivity contribution in [2.75, 3.05) is 6.54 Å². The first-order valence-corrected chi connectivity index (χ1v) is 8.62. The van der Waals surface area contributed by atoms with Gasteiger partial charge in [0.15, 0.2) is 0 Å². The quantitative estimate of drug-likeness (QED) is 0.709. The minimum atomic E-state index is -4.54. The van der Waals surface area contributed by atoms with Gasteiger partial charge in [0.2, 0.25) is 5.91 Å². The van der Waals surface area contributed by atoms with Crippen molar-refractivity contribution >= 4 is 11.5 Å². The average molecular weight is 337 g/mol. The number of benzene rings is 1. The summed E-state index contributed by atoms with van der Waals surface area (Å²) in [4.78, 5) is 14.3. The highest BCUT2D eigenvalue weighted by molar-refractivity contribution is 5.96. The molecule has 1 heterocycles. The summed E-state index contributed by atoms with van der Waals surface area (Å²) in [6.07, 6.45) is 2.44. The standard InChI is InChI=1S/C19H22F3NO/c20-19(21,22)16(14-7-2-1-3-8-14)13-18(24)23-12-6-10-15-9-4-5-11-17(15)23/h1-3,7-8,13,15,17H,4-6,9-12H2/b16-13+. The molecule has 130 valence electrons. The van der Waals surface area contributed by atoms with Crippen LogP contribution >= 0.6 is 0 Å². The van der Waals surface area contributed by atoms with Crippen molar-refractivity contribution in [1.82, 2.24) is 4.90 Å². The van der Waals surface area contributed by atoms with Crippen LogP contribution in [0.25, 0.3) is 5.57 Å². The Morgan fingerprint density at radius 2 is 1.71 bits per heavy atom. The SMILES string of the molecule is O=C(/C=C(\c1ccccc1)C(F)(F)F)N1CCCC2CCCCC21. The predicted octanol–water partition coefficient (Wildman–Crippen LogP) is 4.81. The van der Waals surface area contributed by atoms with Crippen LogP contribution in [0.15, 0.2) is 36.4 Å². The highest BCUT2D eigenvalue weighted by atomic mass is 19.4. The fraction of sp³-hybridized carbons (Fsp3) is 0.526. The lowest BCUT2D eigenvalue weighted by atomic mass is 9.78. The number of nitrogens with zero attached hydrogens (tertiary/aromatic N) is 1. The molecule has 2 fully saturated rings. The second-order valence-corrected chi connectivity index (χ2v) is 6.71. The number of carbonyl (C=O) groups excluding carboxylic acids is 1. The summed E-state index contributed by atoms with van der Waals surface area (Å²) in [6, 6.07) is 7.67. The van der Waals surface area contributed by atoms with Gasteiger partial charge >= 0.3 is 6.18 Å². The third-order valence-electron chi connectivity index (χ3n) is 5.18. The molecule has 0 aromatic heterocycles. The maximum Gasteiger partial charge on any atom is 0.417 e. The van der Waals surface area contributed by atoms with Crippen LogP contribution < -0.4 is 0 Å². The van der Waals surface area contributed by atoms with E-state index in [-0.39, 0.29) is 11.6 Å². The molecule has 2 aliphatic rings. The van der Waals surface area contributed by atoms with E-state index in [1.165, 1.54) is 12.1 Å². The van der Waals surface area contributed by atoms with Gasteiger partial charge in [-0.2, -0.15) is 13.2 Å². The number of likely N-dealkylation sites (tertiary alicyclic amines) is 1. The highest BCUT2D eigenvalue weighted by Crippen LogP contribution is 2.37. The zero-order valence-corrected chi connectivity index (χ0v) is 13.6. The van der Waals surface area contributed by atoms with Gasteiger partial charge in [0, 0.05) is 18.7 Å². The summed E-state index contributed by atoms with van der Waals surface area (Å²) in [6.45, 7) is 0.566. The minimum Gasteiger partial charge on any atom is -0.336 e. The number of rotatable bonds is 2. The predicted molar refractivity (Wildman–Crippen MR) is 87.2 cm³/mol. The molecule has 24 heavy (non-hydrogen) atoms. The Morgan fingerprint density at radius 3 is 2.42 bits per heavy atom. The zero-order valence-electron chi connectivity index (χ0n) is 13.6. The molecule has 2 unspecified atom stereocenters. The van der Waals surface area contributed by atoms with Gasteiger partial charge in [-0.25, -0.2) is 0 Å². The van der Waals surface area contributed by atoms with Gasteiger partial charge in [0.25, 0.3) is 0 Å². The van der Waals surface area contributed by atoms with Crippen molar-refractivity contribution < 1.29 is 18.0 Å². The normalized spacial score (nSPS) is 25.3. The first kappa shape index (κ1) is 17.1. The van der Waals surface area contributed by atoms with E-state index < -0.39 is 17.7 Å². The number of alkyl halides is 3. The van der Waals surface area contributed by atoms with E-state index in [0.717, 1.165) is 44.6 Å². The summed E-state index contributed by atoms with van der Waals surface area (Å²) in [5.41, 5.74) is -0.818. The lowest BCUT2D eigenvalue weighted by Gasteiger charge is -2.43. The Morgan fingerprint density at radius 1 is 1.04 bits per heavy atom. The maximum absolute atomic E-state index is 13.4. The lowest BCUT2D eigenvalue weighted by molar-refractivity contribution is -0.132. The summed E-state index contributed by atoms with van der Waals surface area (Å²) in [5.74, 6) is -0.0429. The van der Waals surface area contributed by atoms with Crippen LogP contribution in [0, 0.1) is 5.92 Å². The van der Waals surface area contributed by atoms with E-state index in [1.807, 2.05) is 0 Å². The number of piperidine rings is 1. The smallest absolute Gasteiger partial charge is 0.336 e. The van der Waals surface area contributed by atoms with Crippen LogP contribution in [-0.4, -0.2) is 29.6 Å². The van der Waals surface area contributed by atoms with Crippen LogP contribution in [0.5, 0.6) is 0 Å². The van der Waals surface area contributed by atoms with Crippen molar-refractivity contribution in [1.29, 1.82) is 0 Å². The summed E-state index contributed by atoms with van der Waals surface area (Å²) < 4.78 is 40.3. The maximum atomic E-state index is 13.4. The largest absolute Gasteiger partial charge is 0.417 e. The number of amides is 1. The molecule has 0 bridgehead atoms. The summed E-state index contributed by atoms with van der Waals surface area (Å²) >= 11 is 0. The molecule has 2 atom stereocenters. The molecule has 0 N–H and O–H groups in total. The highest BCUT2D eigenvalue weighted by Gasteiger charge is 2.38. The van der Waals surface area contributed by atoms with Crippen molar-refractivity contribution in [2.45, 2.75) is 50.7 Å². The van der Waals surface area contributed by atoms with Crippen LogP contribution in [0.2, 0.25) is 0 Å². The molecule has 1 aromatic carbocycles. The third-order valence-corrected chi connectivity index (χ3v) is 5.18. The van der Waals surface area contributed by atoms with Gasteiger partial charge in [-0.05, 0) is 37.2 Å². The molecule has 1 aliphatic heterocycles. The fourth-order valence-corrected chi connectivity index (χ4v) is 4.05. The molecule has 1 amide bonds. The molecule has 1 aromatic rings. The summed E-state index contributed by atoms with van der Waals surface area (Å²) in [5, 5.41) is 0. The van der Waals surface area contributed by atoms with Gasteiger partial charge in [0.05, 0.1) is 5.57 Å². The number of hydrogen-bond donors (Lipinski definition) is 0. The first-order chi connectivity index (χ1) is 11.5. The Hall–Kier alpha value is -1.78. The second-order valence-electron chi connectivity index (χ2n) is 6.71. The number of fused-ring (bicyclic) bond motifs is 1. The Bertz CT molecular complexity index is 607. The minimum absolute atomic E-state index is 0.0375. The molecule has 0 radical (unpaired) electrons. The zero-order chi connectivity index (χ0) is 17.2. The van der Waals surface area contributed by atoms with Crippen LogP contribution in [0.1, 0.15) is 44.1 Å². The van der Waals surface area contributed by atoms with Gasteiger partial charge in [-0.3, -0.25) is 4.79 Å². The van der Waals surface area contributed by atoms with Crippen molar-refractivity contribution in [3.63, 3.8) is 0 Å². The topological polar surface area (TPSA) is 20.3 Å². The third kappa shape index (κ3) is 3.65. The molecule has 5 heteroatoms. The van der Waals surface area contributed by atoms with E-state index in [4.69, 9.17) is 0 Å². The van der Waals surface area contributed by atoms with Crippen molar-refractivity contribution in [3.8, 4) is 0 Å². The Balaban J connectivity index is 1.87. The number of allylic oxidation sites excluding steroid dienone is 1. The first-order valence-electron chi connectivity index (χ1n) is 8.62. The van der Waals surface area contributed by atoms with Crippen LogP contribution in [0.3, 0.4) is 0 Å². The lowest BCUT2D eigenvalue weighted by Crippen LogP contribution is -2.49. The Kier molecular flexibility index (Phi) is 4.97. The van der Waals surface area contributed by atoms with Gasteiger partial charge in [0.1, 0.15) is 0 Å². The monoisotopic (exact) mass is 337 g/mol. The average Bonchev–Trinajstić information content (AvgIpc) is 2.58. The number of carbonyl (C=O) groups is 1. The van der Waals surface area contributed by atoms with E-state index in [2.05, 4.69) is 0 Å². The molecule has 3 rings (SSSR count). The number of hydrogen-bond acceptors (Lipinski definition) is 1. The number of halogens is 3. The molecular formula is C19H22F3NO. The molecule has 0 spiro atoms. The van der Waals surface area contributed by atoms with E-state index >= 15 is 0 Å². The van der Waals surface area contributed by atoms with Crippen molar-refractivity contribution in [2.24, 2.45) is 5.92 Å². The van der Waals surface area contributed by atoms with E-state index in [1.54, 1.807) is 23.1 Å². The fourth-order valence-electron chi connectivity index (χ4n) is 4.05. The molecular weight excluding hydrogens is 315 g/mol. The van der Waals surface area contributed by atoms with Gasteiger partial charge in [-0.15, -0.1) is 0 Å². The van der Waals surface area contributed by atoms with Crippen LogP contribution in [0.4, 0.5) is 13.2 Å². The van der Waals surface area contributed by atoms with Gasteiger partial charge in [-0.1, -0.05) is 43.2 Å². The van der Waals surface area contributed by atoms with E-state index in [9.17, 15) is 18.0 Å². The second kappa shape index (κ2) is 6.99. The summed E-state index contributed by atoms with van der Waals surface area (Å²) in [7, 11) is 0. The van der Waals surface area contributed by atoms with Gasteiger partial charge < -0.3 is 4.90 Å². The molecule has 2 nitrogen and oxygen atoms in total. The van der Waals surface area contributed by atoms with Crippen LogP contribution in [-0.2, 0) is 4.79 Å². The molecule has 1 saturated heterocycles. The molecule has 1 aliphatic carbocycles. The van der Waals surface area contributed by atoms with E-state index in [0.29, 0.717) is 12.5 Å². The van der Waals surface area contributed by atoms with Crippen molar-refractivity contribution in [3.05, 3.63) is 42.0 Å².